The van der Waals surface area contributed by atoms with Gasteiger partial charge in [0.15, 0.2) is 11.6 Å². The van der Waals surface area contributed by atoms with E-state index in [4.69, 9.17) is 4.74 Å². The lowest BCUT2D eigenvalue weighted by Gasteiger charge is -2.06. The minimum Gasteiger partial charge on any atom is -0.483 e. The van der Waals surface area contributed by atoms with Gasteiger partial charge in [-0.15, -0.1) is 0 Å². The summed E-state index contributed by atoms with van der Waals surface area (Å²) >= 11 is 0. The fourth-order valence-corrected chi connectivity index (χ4v) is 1.24. The van der Waals surface area contributed by atoms with E-state index in [0.717, 1.165) is 5.56 Å². The van der Waals surface area contributed by atoms with Crippen molar-refractivity contribution in [3.05, 3.63) is 47.8 Å². The molecule has 4 heteroatoms. The average molecular weight is 206 g/mol. The Kier molecular flexibility index (Phi) is 2.67. The first-order valence-electron chi connectivity index (χ1n) is 4.63. The first-order valence-corrected chi connectivity index (χ1v) is 4.63. The van der Waals surface area contributed by atoms with E-state index in [1.165, 1.54) is 6.07 Å². The summed E-state index contributed by atoms with van der Waals surface area (Å²) < 4.78 is 18.5. The van der Waals surface area contributed by atoms with E-state index in [9.17, 15) is 4.39 Å². The predicted molar refractivity (Wildman–Crippen MR) is 54.1 cm³/mol. The molecule has 0 aliphatic heterocycles. The number of aromatic nitrogens is 2. The molecule has 1 aromatic heterocycles. The molecule has 0 unspecified atom stereocenters. The fourth-order valence-electron chi connectivity index (χ4n) is 1.24. The van der Waals surface area contributed by atoms with E-state index in [0.29, 0.717) is 5.82 Å². The first-order chi connectivity index (χ1) is 7.25. The second kappa shape index (κ2) is 4.13. The number of nitrogens with one attached hydrogen (secondary N) is 1. The number of ether oxygens (including phenoxy) is 1. The Balaban J connectivity index is 2.07. The highest BCUT2D eigenvalue weighted by Crippen LogP contribution is 2.18. The molecule has 2 aromatic rings. The lowest BCUT2D eigenvalue weighted by Crippen LogP contribution is -1.99. The predicted octanol–water partition coefficient (Wildman–Crippen LogP) is 2.44. The van der Waals surface area contributed by atoms with E-state index in [1.807, 2.05) is 6.92 Å². The summed E-state index contributed by atoms with van der Waals surface area (Å²) in [6.07, 6.45) is 3.33. The fraction of sp³-hybridized carbons (Fsp3) is 0.182. The Morgan fingerprint density at radius 2 is 2.33 bits per heavy atom. The first kappa shape index (κ1) is 9.71. The summed E-state index contributed by atoms with van der Waals surface area (Å²) in [6.45, 7) is 2.13. The summed E-state index contributed by atoms with van der Waals surface area (Å²) in [5.74, 6) is 0.578. The maximum Gasteiger partial charge on any atom is 0.165 e. The summed E-state index contributed by atoms with van der Waals surface area (Å²) in [4.78, 5) is 6.86. The standard InChI is InChI=1S/C11H11FN2O/c1-8-2-3-9(12)10(6-8)15-7-11-13-4-5-14-11/h2-6H,7H2,1H3,(H,13,14). The topological polar surface area (TPSA) is 37.9 Å². The van der Waals surface area contributed by atoms with Crippen molar-refractivity contribution in [2.45, 2.75) is 13.5 Å². The van der Waals surface area contributed by atoms with Crippen LogP contribution in [0.1, 0.15) is 11.4 Å². The summed E-state index contributed by atoms with van der Waals surface area (Å²) in [5.41, 5.74) is 0.964. The van der Waals surface area contributed by atoms with Gasteiger partial charge in [0.25, 0.3) is 0 Å². The van der Waals surface area contributed by atoms with Crippen LogP contribution in [0.3, 0.4) is 0 Å². The molecule has 0 amide bonds. The van der Waals surface area contributed by atoms with Gasteiger partial charge < -0.3 is 9.72 Å². The zero-order valence-electron chi connectivity index (χ0n) is 8.33. The van der Waals surface area contributed by atoms with Crippen molar-refractivity contribution in [1.29, 1.82) is 0 Å². The Hall–Kier alpha value is -1.84. The molecule has 0 atom stereocenters. The normalized spacial score (nSPS) is 10.3. The molecule has 0 spiro atoms. The van der Waals surface area contributed by atoms with Crippen molar-refractivity contribution in [3.8, 4) is 5.75 Å². The molecule has 0 radical (unpaired) electrons. The number of benzene rings is 1. The molecular formula is C11H11FN2O. The molecule has 0 bridgehead atoms. The molecule has 1 aromatic carbocycles. The minimum atomic E-state index is -0.354. The van der Waals surface area contributed by atoms with Gasteiger partial charge in [-0.3, -0.25) is 0 Å². The third kappa shape index (κ3) is 2.34. The van der Waals surface area contributed by atoms with Crippen LogP contribution in [0.2, 0.25) is 0 Å². The Morgan fingerprint density at radius 3 is 3.07 bits per heavy atom. The van der Waals surface area contributed by atoms with Gasteiger partial charge in [-0.05, 0) is 24.6 Å². The van der Waals surface area contributed by atoms with Crippen LogP contribution in [0, 0.1) is 12.7 Å². The summed E-state index contributed by atoms with van der Waals surface area (Å²) in [5, 5.41) is 0. The molecule has 0 saturated heterocycles. The Morgan fingerprint density at radius 1 is 1.47 bits per heavy atom. The van der Waals surface area contributed by atoms with Crippen molar-refractivity contribution >= 4 is 0 Å². The van der Waals surface area contributed by atoms with Crippen LogP contribution < -0.4 is 4.74 Å². The van der Waals surface area contributed by atoms with Gasteiger partial charge in [0.1, 0.15) is 12.4 Å². The van der Waals surface area contributed by atoms with Gasteiger partial charge in [0.05, 0.1) is 0 Å². The van der Waals surface area contributed by atoms with Gasteiger partial charge in [0, 0.05) is 12.4 Å². The molecule has 2 rings (SSSR count). The van der Waals surface area contributed by atoms with Crippen molar-refractivity contribution in [2.24, 2.45) is 0 Å². The molecule has 15 heavy (non-hydrogen) atoms. The smallest absolute Gasteiger partial charge is 0.165 e. The summed E-state index contributed by atoms with van der Waals surface area (Å²) in [7, 11) is 0. The van der Waals surface area contributed by atoms with E-state index >= 15 is 0 Å². The van der Waals surface area contributed by atoms with Gasteiger partial charge >= 0.3 is 0 Å². The lowest BCUT2D eigenvalue weighted by molar-refractivity contribution is 0.282. The quantitative estimate of drug-likeness (QED) is 0.837. The molecule has 0 saturated carbocycles. The second-order valence-corrected chi connectivity index (χ2v) is 3.26. The van der Waals surface area contributed by atoms with E-state index in [2.05, 4.69) is 9.97 Å². The highest BCUT2D eigenvalue weighted by molar-refractivity contribution is 5.29. The highest BCUT2D eigenvalue weighted by Gasteiger charge is 2.04. The van der Waals surface area contributed by atoms with Crippen LogP contribution >= 0.6 is 0 Å². The molecule has 0 aliphatic rings. The van der Waals surface area contributed by atoms with Crippen molar-refractivity contribution in [2.75, 3.05) is 0 Å². The number of aryl methyl sites for hydroxylation is 1. The molecule has 1 heterocycles. The monoisotopic (exact) mass is 206 g/mol. The third-order valence-electron chi connectivity index (χ3n) is 2.01. The van der Waals surface area contributed by atoms with E-state index < -0.39 is 0 Å². The van der Waals surface area contributed by atoms with E-state index in [-0.39, 0.29) is 18.2 Å². The zero-order valence-corrected chi connectivity index (χ0v) is 8.33. The van der Waals surface area contributed by atoms with Crippen LogP contribution in [-0.4, -0.2) is 9.97 Å². The molecule has 1 N–H and O–H groups in total. The molecule has 0 aliphatic carbocycles. The SMILES string of the molecule is Cc1ccc(F)c(OCc2ncc[nH]2)c1. The van der Waals surface area contributed by atoms with E-state index in [1.54, 1.807) is 24.5 Å². The van der Waals surface area contributed by atoms with Crippen LogP contribution in [0.25, 0.3) is 0 Å². The average Bonchev–Trinajstić information content (AvgIpc) is 2.72. The van der Waals surface area contributed by atoms with Crippen LogP contribution in [0.15, 0.2) is 30.6 Å². The molecule has 78 valence electrons. The summed E-state index contributed by atoms with van der Waals surface area (Å²) in [6, 6.07) is 4.76. The second-order valence-electron chi connectivity index (χ2n) is 3.26. The number of hydrogen-bond donors (Lipinski definition) is 1. The van der Waals surface area contributed by atoms with Crippen LogP contribution in [0.4, 0.5) is 4.39 Å². The van der Waals surface area contributed by atoms with Gasteiger partial charge in [-0.2, -0.15) is 0 Å². The van der Waals surface area contributed by atoms with Crippen molar-refractivity contribution in [1.82, 2.24) is 9.97 Å². The Labute approximate surface area is 86.9 Å². The molecular weight excluding hydrogens is 195 g/mol. The van der Waals surface area contributed by atoms with Gasteiger partial charge in [-0.1, -0.05) is 6.07 Å². The number of H-pyrrole nitrogens is 1. The largest absolute Gasteiger partial charge is 0.483 e. The third-order valence-corrected chi connectivity index (χ3v) is 2.01. The van der Waals surface area contributed by atoms with Crippen LogP contribution in [-0.2, 0) is 6.61 Å². The lowest BCUT2D eigenvalue weighted by atomic mass is 10.2. The highest BCUT2D eigenvalue weighted by atomic mass is 19.1. The van der Waals surface area contributed by atoms with Crippen molar-refractivity contribution < 1.29 is 9.13 Å². The number of rotatable bonds is 3. The molecule has 3 nitrogen and oxygen atoms in total. The number of nitrogens with zero attached hydrogens (tertiary/aromatic N) is 1. The maximum atomic E-state index is 13.2. The molecule has 0 fully saturated rings. The minimum absolute atomic E-state index is 0.243. The number of aromatic amines is 1. The Bertz CT molecular complexity index is 440. The van der Waals surface area contributed by atoms with Gasteiger partial charge in [0.2, 0.25) is 0 Å². The number of hydrogen-bond acceptors (Lipinski definition) is 2. The van der Waals surface area contributed by atoms with Crippen LogP contribution in [0.5, 0.6) is 5.75 Å². The number of halogens is 1. The maximum absolute atomic E-state index is 13.2. The zero-order chi connectivity index (χ0) is 10.7. The number of imidazole rings is 1. The van der Waals surface area contributed by atoms with Gasteiger partial charge in [-0.25, -0.2) is 9.37 Å². The van der Waals surface area contributed by atoms with Crippen molar-refractivity contribution in [3.63, 3.8) is 0 Å².